The minimum Gasteiger partial charge on any atom is -0.485 e. The minimum absolute atomic E-state index is 0.190. The van der Waals surface area contributed by atoms with E-state index >= 15 is 0 Å². The number of hydrogen-bond donors (Lipinski definition) is 1. The Hall–Kier alpha value is -1.32. The van der Waals surface area contributed by atoms with Crippen molar-refractivity contribution in [3.05, 3.63) is 30.1 Å². The van der Waals surface area contributed by atoms with Crippen molar-refractivity contribution >= 4 is 0 Å². The lowest BCUT2D eigenvalue weighted by Crippen LogP contribution is -2.26. The van der Waals surface area contributed by atoms with Crippen LogP contribution in [0.4, 0.5) is 8.78 Å². The van der Waals surface area contributed by atoms with Gasteiger partial charge in [-0.15, -0.1) is 0 Å². The fraction of sp³-hybridized carbons (Fsp3) is 0.400. The monoisotopic (exact) mass is 201 g/mol. The molecule has 0 bridgehead atoms. The highest BCUT2D eigenvalue weighted by Gasteiger charge is 2.31. The third kappa shape index (κ3) is 2.58. The molecule has 0 fully saturated rings. The van der Waals surface area contributed by atoms with Gasteiger partial charge in [0.25, 0.3) is 0 Å². The molecule has 2 nitrogen and oxygen atoms in total. The van der Waals surface area contributed by atoms with Crippen LogP contribution in [0.15, 0.2) is 24.4 Å². The molecule has 0 unspecified atom stereocenters. The fourth-order valence-corrected chi connectivity index (χ4v) is 0.862. The Labute approximate surface area is 81.6 Å². The molecule has 0 aromatic carbocycles. The van der Waals surface area contributed by atoms with Crippen LogP contribution in [-0.4, -0.2) is 17.5 Å². The SMILES string of the molecule is C=C(C)C(F)(F)COc1c[nH]c(C)c1. The summed E-state index contributed by atoms with van der Waals surface area (Å²) < 4.78 is 30.9. The van der Waals surface area contributed by atoms with E-state index in [-0.39, 0.29) is 5.57 Å². The fourth-order valence-electron chi connectivity index (χ4n) is 0.862. The molecule has 0 spiro atoms. The van der Waals surface area contributed by atoms with E-state index < -0.39 is 12.5 Å². The molecule has 1 aromatic rings. The van der Waals surface area contributed by atoms with Gasteiger partial charge in [0.15, 0.2) is 6.61 Å². The number of nitrogens with one attached hydrogen (secondary N) is 1. The number of alkyl halides is 2. The second kappa shape index (κ2) is 3.82. The summed E-state index contributed by atoms with van der Waals surface area (Å²) in [5.74, 6) is -2.55. The van der Waals surface area contributed by atoms with Gasteiger partial charge in [-0.2, -0.15) is 8.78 Å². The second-order valence-corrected chi connectivity index (χ2v) is 3.29. The van der Waals surface area contributed by atoms with Crippen molar-refractivity contribution in [2.75, 3.05) is 6.61 Å². The zero-order chi connectivity index (χ0) is 10.8. The highest BCUT2D eigenvalue weighted by atomic mass is 19.3. The Bertz CT molecular complexity index is 331. The number of halogens is 2. The van der Waals surface area contributed by atoms with Crippen molar-refractivity contribution in [3.8, 4) is 5.75 Å². The first-order valence-electron chi connectivity index (χ1n) is 4.23. The Balaban J connectivity index is 2.52. The van der Waals surface area contributed by atoms with E-state index in [1.54, 1.807) is 12.3 Å². The molecule has 0 saturated carbocycles. The van der Waals surface area contributed by atoms with Crippen molar-refractivity contribution in [3.63, 3.8) is 0 Å². The molecule has 78 valence electrons. The summed E-state index contributed by atoms with van der Waals surface area (Å²) in [7, 11) is 0. The molecule has 1 aromatic heterocycles. The topological polar surface area (TPSA) is 25.0 Å². The Morgan fingerprint density at radius 2 is 2.29 bits per heavy atom. The summed E-state index contributed by atoms with van der Waals surface area (Å²) in [5, 5.41) is 0. The predicted molar refractivity (Wildman–Crippen MR) is 50.8 cm³/mol. The largest absolute Gasteiger partial charge is 0.485 e. The smallest absolute Gasteiger partial charge is 0.302 e. The van der Waals surface area contributed by atoms with Crippen LogP contribution in [0.3, 0.4) is 0 Å². The first kappa shape index (κ1) is 10.8. The van der Waals surface area contributed by atoms with E-state index in [1.807, 2.05) is 6.92 Å². The lowest BCUT2D eigenvalue weighted by atomic mass is 10.2. The Morgan fingerprint density at radius 1 is 1.64 bits per heavy atom. The van der Waals surface area contributed by atoms with Gasteiger partial charge in [0.05, 0.1) is 0 Å². The first-order valence-corrected chi connectivity index (χ1v) is 4.23. The van der Waals surface area contributed by atoms with Gasteiger partial charge in [0.2, 0.25) is 0 Å². The van der Waals surface area contributed by atoms with Crippen molar-refractivity contribution in [2.24, 2.45) is 0 Å². The van der Waals surface area contributed by atoms with Gasteiger partial charge in [-0.05, 0) is 19.4 Å². The van der Waals surface area contributed by atoms with E-state index in [9.17, 15) is 8.78 Å². The van der Waals surface area contributed by atoms with Gasteiger partial charge in [0, 0.05) is 18.0 Å². The van der Waals surface area contributed by atoms with Crippen LogP contribution in [0, 0.1) is 6.92 Å². The standard InChI is InChI=1S/C10H13F2NO/c1-7(2)10(11,12)6-14-9-4-8(3)13-5-9/h4-5,13H,1,6H2,2-3H3. The minimum atomic E-state index is -2.97. The number of ether oxygens (including phenoxy) is 1. The molecule has 1 heterocycles. The second-order valence-electron chi connectivity index (χ2n) is 3.29. The van der Waals surface area contributed by atoms with E-state index in [1.165, 1.54) is 6.92 Å². The summed E-state index contributed by atoms with van der Waals surface area (Å²) in [6, 6.07) is 1.66. The normalized spacial score (nSPS) is 11.4. The molecular weight excluding hydrogens is 188 g/mol. The summed E-state index contributed by atoms with van der Waals surface area (Å²) in [5.41, 5.74) is 0.684. The van der Waals surface area contributed by atoms with Gasteiger partial charge < -0.3 is 9.72 Å². The van der Waals surface area contributed by atoms with Gasteiger partial charge in [-0.25, -0.2) is 0 Å². The van der Waals surface area contributed by atoms with Crippen LogP contribution in [0.25, 0.3) is 0 Å². The molecule has 0 amide bonds. The van der Waals surface area contributed by atoms with Gasteiger partial charge in [-0.3, -0.25) is 0 Å². The molecule has 0 atom stereocenters. The quantitative estimate of drug-likeness (QED) is 0.744. The van der Waals surface area contributed by atoms with Crippen LogP contribution in [0.2, 0.25) is 0 Å². The molecule has 14 heavy (non-hydrogen) atoms. The summed E-state index contributed by atoms with van der Waals surface area (Å²) in [4.78, 5) is 2.84. The maximum absolute atomic E-state index is 13.0. The average Bonchev–Trinajstić information content (AvgIpc) is 2.48. The zero-order valence-corrected chi connectivity index (χ0v) is 8.23. The Morgan fingerprint density at radius 3 is 2.71 bits per heavy atom. The van der Waals surface area contributed by atoms with Gasteiger partial charge in [-0.1, -0.05) is 6.58 Å². The number of aromatic amines is 1. The maximum atomic E-state index is 13.0. The average molecular weight is 201 g/mol. The van der Waals surface area contributed by atoms with Gasteiger partial charge >= 0.3 is 5.92 Å². The van der Waals surface area contributed by atoms with E-state index in [0.29, 0.717) is 5.75 Å². The highest BCUT2D eigenvalue weighted by Crippen LogP contribution is 2.23. The van der Waals surface area contributed by atoms with Crippen molar-refractivity contribution in [1.82, 2.24) is 4.98 Å². The molecule has 0 aliphatic carbocycles. The maximum Gasteiger partial charge on any atom is 0.302 e. The molecule has 1 rings (SSSR count). The third-order valence-corrected chi connectivity index (χ3v) is 1.85. The van der Waals surface area contributed by atoms with Crippen LogP contribution in [-0.2, 0) is 0 Å². The molecule has 0 radical (unpaired) electrons. The molecule has 0 saturated heterocycles. The number of rotatable bonds is 4. The van der Waals surface area contributed by atoms with E-state index in [4.69, 9.17) is 4.74 Å². The predicted octanol–water partition coefficient (Wildman–Crippen LogP) is 2.91. The lowest BCUT2D eigenvalue weighted by Gasteiger charge is -2.15. The number of hydrogen-bond acceptors (Lipinski definition) is 1. The summed E-state index contributed by atoms with van der Waals surface area (Å²) in [6.45, 7) is 5.65. The van der Waals surface area contributed by atoms with Crippen molar-refractivity contribution < 1.29 is 13.5 Å². The van der Waals surface area contributed by atoms with E-state index in [0.717, 1.165) is 5.69 Å². The number of aromatic nitrogens is 1. The molecule has 0 aliphatic rings. The van der Waals surface area contributed by atoms with Crippen LogP contribution in [0.5, 0.6) is 5.75 Å². The van der Waals surface area contributed by atoms with Crippen LogP contribution < -0.4 is 4.74 Å². The molecular formula is C10H13F2NO. The van der Waals surface area contributed by atoms with E-state index in [2.05, 4.69) is 11.6 Å². The third-order valence-electron chi connectivity index (χ3n) is 1.85. The number of H-pyrrole nitrogens is 1. The summed E-state index contributed by atoms with van der Waals surface area (Å²) >= 11 is 0. The van der Waals surface area contributed by atoms with Crippen LogP contribution in [0.1, 0.15) is 12.6 Å². The van der Waals surface area contributed by atoms with Crippen molar-refractivity contribution in [1.29, 1.82) is 0 Å². The number of aryl methyl sites for hydroxylation is 1. The zero-order valence-electron chi connectivity index (χ0n) is 8.23. The van der Waals surface area contributed by atoms with Crippen LogP contribution >= 0.6 is 0 Å². The van der Waals surface area contributed by atoms with Crippen molar-refractivity contribution in [2.45, 2.75) is 19.8 Å². The summed E-state index contributed by atoms with van der Waals surface area (Å²) in [6.07, 6.45) is 1.55. The molecule has 1 N–H and O–H groups in total. The first-order chi connectivity index (χ1) is 6.42. The molecule has 4 heteroatoms. The Kier molecular flexibility index (Phi) is 2.93. The molecule has 0 aliphatic heterocycles. The highest BCUT2D eigenvalue weighted by molar-refractivity contribution is 5.22. The van der Waals surface area contributed by atoms with Gasteiger partial charge in [0.1, 0.15) is 5.75 Å². The lowest BCUT2D eigenvalue weighted by molar-refractivity contribution is -0.00551.